The lowest BCUT2D eigenvalue weighted by atomic mass is 9.99. The van der Waals surface area contributed by atoms with Crippen LogP contribution in [-0.4, -0.2) is 30.7 Å². The molecule has 0 bridgehead atoms. The molecule has 4 nitrogen and oxygen atoms in total. The lowest BCUT2D eigenvalue weighted by Crippen LogP contribution is -2.34. The molecule has 0 fully saturated rings. The van der Waals surface area contributed by atoms with Crippen molar-refractivity contribution in [2.75, 3.05) is 25.0 Å². The predicted octanol–water partition coefficient (Wildman–Crippen LogP) is 1.72. The van der Waals surface area contributed by atoms with Crippen LogP contribution >= 0.6 is 0 Å². The van der Waals surface area contributed by atoms with Crippen molar-refractivity contribution in [2.24, 2.45) is 5.92 Å². The predicted molar refractivity (Wildman–Crippen MR) is 76.2 cm³/mol. The van der Waals surface area contributed by atoms with E-state index in [4.69, 9.17) is 5.11 Å². The van der Waals surface area contributed by atoms with Crippen LogP contribution in [-0.2, 0) is 4.79 Å². The molecule has 1 heterocycles. The maximum atomic E-state index is 12.2. The molecule has 2 rings (SSSR count). The van der Waals surface area contributed by atoms with Gasteiger partial charge >= 0.3 is 0 Å². The molecule has 4 heteroatoms. The van der Waals surface area contributed by atoms with Gasteiger partial charge in [-0.05, 0) is 24.0 Å². The number of benzene rings is 1. The molecule has 2 atom stereocenters. The summed E-state index contributed by atoms with van der Waals surface area (Å²) in [4.78, 5) is 12.2. The molecule has 0 aromatic heterocycles. The van der Waals surface area contributed by atoms with Crippen molar-refractivity contribution >= 4 is 11.6 Å². The highest BCUT2D eigenvalue weighted by atomic mass is 16.3. The summed E-state index contributed by atoms with van der Waals surface area (Å²) in [6.45, 7) is 3.58. The van der Waals surface area contributed by atoms with E-state index in [-0.39, 0.29) is 18.4 Å². The second-order valence-corrected chi connectivity index (χ2v) is 5.05. The minimum absolute atomic E-state index is 0.0776. The second kappa shape index (κ2) is 6.57. The second-order valence-electron chi connectivity index (χ2n) is 5.05. The van der Waals surface area contributed by atoms with Gasteiger partial charge in [-0.15, -0.1) is 0 Å². The van der Waals surface area contributed by atoms with Crippen LogP contribution in [0.3, 0.4) is 0 Å². The summed E-state index contributed by atoms with van der Waals surface area (Å²) >= 11 is 0. The van der Waals surface area contributed by atoms with Crippen molar-refractivity contribution in [3.8, 4) is 0 Å². The molecule has 1 aromatic rings. The first-order valence-corrected chi connectivity index (χ1v) is 6.97. The highest BCUT2D eigenvalue weighted by Gasteiger charge is 2.28. The first-order chi connectivity index (χ1) is 9.26. The molecule has 0 aliphatic carbocycles. The van der Waals surface area contributed by atoms with Gasteiger partial charge in [-0.25, -0.2) is 0 Å². The van der Waals surface area contributed by atoms with Gasteiger partial charge in [-0.1, -0.05) is 31.5 Å². The molecule has 3 N–H and O–H groups in total. The highest BCUT2D eigenvalue weighted by Crippen LogP contribution is 2.30. The lowest BCUT2D eigenvalue weighted by Gasteiger charge is -2.16. The zero-order chi connectivity index (χ0) is 13.7. The summed E-state index contributed by atoms with van der Waals surface area (Å²) < 4.78 is 0. The van der Waals surface area contributed by atoms with Crippen LogP contribution in [0.1, 0.15) is 31.2 Å². The largest absolute Gasteiger partial charge is 0.396 e. The molecule has 104 valence electrons. The van der Waals surface area contributed by atoms with E-state index in [2.05, 4.69) is 17.6 Å². The third-order valence-electron chi connectivity index (χ3n) is 3.83. The Balaban J connectivity index is 1.91. The monoisotopic (exact) mass is 262 g/mol. The maximum Gasteiger partial charge on any atom is 0.229 e. The summed E-state index contributed by atoms with van der Waals surface area (Å²) in [5.74, 6) is 0.343. The van der Waals surface area contributed by atoms with Gasteiger partial charge in [0.25, 0.3) is 0 Å². The molecule has 0 spiro atoms. The van der Waals surface area contributed by atoms with Crippen LogP contribution in [0, 0.1) is 5.92 Å². The Hall–Kier alpha value is -1.55. The number of amides is 1. The maximum absolute atomic E-state index is 12.2. The van der Waals surface area contributed by atoms with Crippen molar-refractivity contribution in [3.05, 3.63) is 29.8 Å². The van der Waals surface area contributed by atoms with Gasteiger partial charge in [0.05, 0.1) is 5.92 Å². The third-order valence-corrected chi connectivity index (χ3v) is 3.83. The summed E-state index contributed by atoms with van der Waals surface area (Å²) in [5, 5.41) is 15.2. The van der Waals surface area contributed by atoms with Crippen molar-refractivity contribution in [2.45, 2.75) is 25.7 Å². The third kappa shape index (κ3) is 3.26. The standard InChI is InChI=1S/C15H22N2O2/c1-2-11(7-8-18)9-17-15(19)13-10-16-14-6-4-3-5-12(13)14/h3-6,11,13,16,18H,2,7-10H2,1H3,(H,17,19). The van der Waals surface area contributed by atoms with Crippen LogP contribution in [0.4, 0.5) is 5.69 Å². The van der Waals surface area contributed by atoms with Gasteiger partial charge < -0.3 is 15.7 Å². The van der Waals surface area contributed by atoms with Crippen molar-refractivity contribution < 1.29 is 9.90 Å². The molecule has 2 unspecified atom stereocenters. The van der Waals surface area contributed by atoms with Gasteiger partial charge in [0.1, 0.15) is 0 Å². The molecule has 1 aliphatic rings. The fourth-order valence-corrected chi connectivity index (χ4v) is 2.52. The zero-order valence-electron chi connectivity index (χ0n) is 11.4. The Kier molecular flexibility index (Phi) is 4.80. The average Bonchev–Trinajstić information content (AvgIpc) is 2.87. The Labute approximate surface area is 114 Å². The van der Waals surface area contributed by atoms with Gasteiger partial charge in [-0.2, -0.15) is 0 Å². The van der Waals surface area contributed by atoms with E-state index in [0.717, 1.165) is 24.1 Å². The fraction of sp³-hybridized carbons (Fsp3) is 0.533. The van der Waals surface area contributed by atoms with E-state index in [1.54, 1.807) is 0 Å². The molecule has 1 aliphatic heterocycles. The van der Waals surface area contributed by atoms with E-state index in [1.165, 1.54) is 0 Å². The van der Waals surface area contributed by atoms with Crippen LogP contribution in [0.5, 0.6) is 0 Å². The molecule has 0 radical (unpaired) electrons. The van der Waals surface area contributed by atoms with Gasteiger partial charge in [0.2, 0.25) is 5.91 Å². The number of rotatable bonds is 6. The SMILES string of the molecule is CCC(CCO)CNC(=O)C1CNc2ccccc21. The topological polar surface area (TPSA) is 61.4 Å². The molecule has 19 heavy (non-hydrogen) atoms. The minimum Gasteiger partial charge on any atom is -0.396 e. The van der Waals surface area contributed by atoms with E-state index in [9.17, 15) is 4.79 Å². The molecular weight excluding hydrogens is 240 g/mol. The van der Waals surface area contributed by atoms with Crippen LogP contribution in [0.15, 0.2) is 24.3 Å². The number of hydrogen-bond donors (Lipinski definition) is 3. The molecule has 0 saturated heterocycles. The number of nitrogens with one attached hydrogen (secondary N) is 2. The number of carbonyl (C=O) groups excluding carboxylic acids is 1. The average molecular weight is 262 g/mol. The van der Waals surface area contributed by atoms with E-state index >= 15 is 0 Å². The number of para-hydroxylation sites is 1. The van der Waals surface area contributed by atoms with Crippen LogP contribution in [0.25, 0.3) is 0 Å². The van der Waals surface area contributed by atoms with Crippen LogP contribution < -0.4 is 10.6 Å². The van der Waals surface area contributed by atoms with Crippen molar-refractivity contribution in [1.29, 1.82) is 0 Å². The number of anilines is 1. The highest BCUT2D eigenvalue weighted by molar-refractivity contribution is 5.88. The summed E-state index contributed by atoms with van der Waals surface area (Å²) in [7, 11) is 0. The number of aliphatic hydroxyl groups is 1. The molecule has 1 aromatic carbocycles. The molecular formula is C15H22N2O2. The Morgan fingerprint density at radius 2 is 2.32 bits per heavy atom. The van der Waals surface area contributed by atoms with Gasteiger partial charge in [-0.3, -0.25) is 4.79 Å². The normalized spacial score (nSPS) is 18.5. The molecule has 1 amide bonds. The number of carbonyl (C=O) groups is 1. The summed E-state index contributed by atoms with van der Waals surface area (Å²) in [6, 6.07) is 7.95. The number of hydrogen-bond acceptors (Lipinski definition) is 3. The number of fused-ring (bicyclic) bond motifs is 1. The Morgan fingerprint density at radius 3 is 3.05 bits per heavy atom. The van der Waals surface area contributed by atoms with E-state index < -0.39 is 0 Å². The quantitative estimate of drug-likeness (QED) is 0.731. The first kappa shape index (κ1) is 13.9. The van der Waals surface area contributed by atoms with E-state index in [1.807, 2.05) is 24.3 Å². The van der Waals surface area contributed by atoms with E-state index in [0.29, 0.717) is 19.0 Å². The lowest BCUT2D eigenvalue weighted by molar-refractivity contribution is -0.122. The number of aliphatic hydroxyl groups excluding tert-OH is 1. The first-order valence-electron chi connectivity index (χ1n) is 6.97. The Bertz CT molecular complexity index is 434. The fourth-order valence-electron chi connectivity index (χ4n) is 2.52. The van der Waals surface area contributed by atoms with Crippen molar-refractivity contribution in [1.82, 2.24) is 5.32 Å². The zero-order valence-corrected chi connectivity index (χ0v) is 11.4. The van der Waals surface area contributed by atoms with Crippen molar-refractivity contribution in [3.63, 3.8) is 0 Å². The van der Waals surface area contributed by atoms with Crippen LogP contribution in [0.2, 0.25) is 0 Å². The molecule has 0 saturated carbocycles. The minimum atomic E-state index is -0.0946. The smallest absolute Gasteiger partial charge is 0.229 e. The van der Waals surface area contributed by atoms with Gasteiger partial charge in [0.15, 0.2) is 0 Å². The summed E-state index contributed by atoms with van der Waals surface area (Å²) in [6.07, 6.45) is 1.72. The Morgan fingerprint density at radius 1 is 1.53 bits per heavy atom. The summed E-state index contributed by atoms with van der Waals surface area (Å²) in [5.41, 5.74) is 2.14. The van der Waals surface area contributed by atoms with Gasteiger partial charge in [0, 0.05) is 25.4 Å².